The second-order valence-corrected chi connectivity index (χ2v) is 4.42. The summed E-state index contributed by atoms with van der Waals surface area (Å²) in [5, 5.41) is 3.13. The van der Waals surface area contributed by atoms with Crippen molar-refractivity contribution in [2.45, 2.75) is 6.18 Å². The molecule has 1 N–H and O–H groups in total. The number of nitrogens with zero attached hydrogens (tertiary/aromatic N) is 1. The van der Waals surface area contributed by atoms with Crippen molar-refractivity contribution >= 4 is 32.5 Å². The van der Waals surface area contributed by atoms with E-state index in [-0.39, 0.29) is 0 Å². The van der Waals surface area contributed by atoms with Crippen molar-refractivity contribution < 1.29 is 13.2 Å². The molecule has 0 aliphatic rings. The third-order valence-electron chi connectivity index (χ3n) is 2.16. The Bertz CT molecular complexity index is 540. The number of hydrogen-bond donors (Lipinski definition) is 1. The van der Waals surface area contributed by atoms with Crippen LogP contribution in [0.25, 0.3) is 10.9 Å². The van der Waals surface area contributed by atoms with Gasteiger partial charge in [-0.15, -0.1) is 0 Å². The predicted molar refractivity (Wildman–Crippen MR) is 64.0 cm³/mol. The number of fused-ring (bicyclic) bond motifs is 1. The van der Waals surface area contributed by atoms with Crippen molar-refractivity contribution in [3.63, 3.8) is 0 Å². The summed E-state index contributed by atoms with van der Waals surface area (Å²) in [7, 11) is 0. The third-order valence-corrected chi connectivity index (χ3v) is 2.59. The minimum absolute atomic E-state index is 0.382. The van der Waals surface area contributed by atoms with Crippen molar-refractivity contribution in [3.8, 4) is 0 Å². The van der Waals surface area contributed by atoms with Crippen molar-refractivity contribution in [1.82, 2.24) is 4.98 Å². The van der Waals surface area contributed by atoms with Gasteiger partial charge in [-0.2, -0.15) is 13.2 Å². The number of para-hydroxylation sites is 1. The zero-order valence-electron chi connectivity index (χ0n) is 8.55. The number of nitrogens with one attached hydrogen (secondary N) is 1. The van der Waals surface area contributed by atoms with E-state index in [4.69, 9.17) is 0 Å². The molecule has 1 aromatic heterocycles. The molecule has 0 saturated carbocycles. The molecule has 0 saturated heterocycles. The standard InChI is InChI=1S/C11H8BrF3N2/c12-8-4-7-2-1-3-9(10(7)16-5-8)17-6-11(13,14)15/h1-5,17H,6H2. The van der Waals surface area contributed by atoms with E-state index in [0.717, 1.165) is 9.86 Å². The molecule has 1 aromatic carbocycles. The lowest BCUT2D eigenvalue weighted by Crippen LogP contribution is -2.21. The molecule has 6 heteroatoms. The fourth-order valence-electron chi connectivity index (χ4n) is 1.47. The molecule has 0 amide bonds. The quantitative estimate of drug-likeness (QED) is 0.908. The van der Waals surface area contributed by atoms with Gasteiger partial charge in [-0.1, -0.05) is 12.1 Å². The summed E-state index contributed by atoms with van der Waals surface area (Å²) in [5.41, 5.74) is 0.910. The molecule has 17 heavy (non-hydrogen) atoms. The van der Waals surface area contributed by atoms with Crippen molar-refractivity contribution in [3.05, 3.63) is 34.9 Å². The Labute approximate surface area is 104 Å². The Hall–Kier alpha value is -1.30. The van der Waals surface area contributed by atoms with Crippen molar-refractivity contribution in [2.75, 3.05) is 11.9 Å². The first-order valence-corrected chi connectivity index (χ1v) is 5.60. The van der Waals surface area contributed by atoms with Crippen molar-refractivity contribution in [1.29, 1.82) is 0 Å². The van der Waals surface area contributed by atoms with E-state index in [1.54, 1.807) is 30.5 Å². The van der Waals surface area contributed by atoms with E-state index in [1.807, 2.05) is 0 Å². The molecule has 2 rings (SSSR count). The van der Waals surface area contributed by atoms with E-state index >= 15 is 0 Å². The number of rotatable bonds is 2. The van der Waals surface area contributed by atoms with Gasteiger partial charge in [0.1, 0.15) is 6.54 Å². The zero-order valence-corrected chi connectivity index (χ0v) is 10.1. The number of hydrogen-bond acceptors (Lipinski definition) is 2. The lowest BCUT2D eigenvalue weighted by Gasteiger charge is -2.11. The van der Waals surface area contributed by atoms with Gasteiger partial charge in [-0.3, -0.25) is 4.98 Å². The van der Waals surface area contributed by atoms with Gasteiger partial charge in [0.25, 0.3) is 0 Å². The Morgan fingerprint density at radius 1 is 1.29 bits per heavy atom. The van der Waals surface area contributed by atoms with E-state index in [2.05, 4.69) is 26.2 Å². The van der Waals surface area contributed by atoms with Gasteiger partial charge in [0.05, 0.1) is 11.2 Å². The summed E-state index contributed by atoms with van der Waals surface area (Å²) < 4.78 is 37.1. The largest absolute Gasteiger partial charge is 0.405 e. The first-order valence-electron chi connectivity index (χ1n) is 4.80. The molecule has 0 bridgehead atoms. The van der Waals surface area contributed by atoms with Crippen LogP contribution in [-0.2, 0) is 0 Å². The van der Waals surface area contributed by atoms with Crippen LogP contribution < -0.4 is 5.32 Å². The van der Waals surface area contributed by atoms with Crippen LogP contribution in [0.2, 0.25) is 0 Å². The first kappa shape index (κ1) is 12.2. The average molecular weight is 305 g/mol. The Balaban J connectivity index is 2.34. The van der Waals surface area contributed by atoms with E-state index in [0.29, 0.717) is 11.2 Å². The monoisotopic (exact) mass is 304 g/mol. The minimum Gasteiger partial charge on any atom is -0.375 e. The number of anilines is 1. The van der Waals surface area contributed by atoms with Crippen LogP contribution in [0.5, 0.6) is 0 Å². The Kier molecular flexibility index (Phi) is 3.24. The lowest BCUT2D eigenvalue weighted by molar-refractivity contribution is -0.115. The highest BCUT2D eigenvalue weighted by atomic mass is 79.9. The molecular formula is C11H8BrF3N2. The van der Waals surface area contributed by atoms with Gasteiger partial charge in [0.15, 0.2) is 0 Å². The maximum absolute atomic E-state index is 12.1. The third kappa shape index (κ3) is 3.09. The summed E-state index contributed by atoms with van der Waals surface area (Å²) in [6.07, 6.45) is -2.68. The van der Waals surface area contributed by atoms with Crippen molar-refractivity contribution in [2.24, 2.45) is 0 Å². The highest BCUT2D eigenvalue weighted by molar-refractivity contribution is 9.10. The molecule has 0 radical (unpaired) electrons. The van der Waals surface area contributed by atoms with Gasteiger partial charge < -0.3 is 5.32 Å². The van der Waals surface area contributed by atoms with Crippen LogP contribution in [-0.4, -0.2) is 17.7 Å². The van der Waals surface area contributed by atoms with Gasteiger partial charge >= 0.3 is 6.18 Å². The molecular weight excluding hydrogens is 297 g/mol. The Morgan fingerprint density at radius 3 is 2.76 bits per heavy atom. The number of aromatic nitrogens is 1. The molecule has 0 unspecified atom stereocenters. The minimum atomic E-state index is -4.24. The summed E-state index contributed by atoms with van der Waals surface area (Å²) in [5.74, 6) is 0. The van der Waals surface area contributed by atoms with Gasteiger partial charge in [-0.25, -0.2) is 0 Å². The predicted octanol–water partition coefficient (Wildman–Crippen LogP) is 3.97. The SMILES string of the molecule is FC(F)(F)CNc1cccc2cc(Br)cnc12. The van der Waals surface area contributed by atoms with Crippen LogP contribution >= 0.6 is 15.9 Å². The molecule has 0 spiro atoms. The molecule has 1 heterocycles. The van der Waals surface area contributed by atoms with Crippen LogP contribution in [0.1, 0.15) is 0 Å². The maximum Gasteiger partial charge on any atom is 0.405 e. The topological polar surface area (TPSA) is 24.9 Å². The summed E-state index contributed by atoms with van der Waals surface area (Å²) >= 11 is 3.26. The summed E-state index contributed by atoms with van der Waals surface area (Å²) in [6, 6.07) is 6.87. The maximum atomic E-state index is 12.1. The average Bonchev–Trinajstić information content (AvgIpc) is 2.24. The van der Waals surface area contributed by atoms with Gasteiger partial charge in [0, 0.05) is 16.1 Å². The van der Waals surface area contributed by atoms with Crippen LogP contribution in [0.3, 0.4) is 0 Å². The number of pyridine rings is 1. The Morgan fingerprint density at radius 2 is 2.06 bits per heavy atom. The fraction of sp³-hybridized carbons (Fsp3) is 0.182. The second-order valence-electron chi connectivity index (χ2n) is 3.50. The molecule has 2 nitrogen and oxygen atoms in total. The molecule has 2 aromatic rings. The highest BCUT2D eigenvalue weighted by Gasteiger charge is 2.26. The van der Waals surface area contributed by atoms with E-state index in [1.165, 1.54) is 0 Å². The first-order chi connectivity index (χ1) is 7.96. The highest BCUT2D eigenvalue weighted by Crippen LogP contribution is 2.25. The lowest BCUT2D eigenvalue weighted by atomic mass is 10.2. The van der Waals surface area contributed by atoms with E-state index < -0.39 is 12.7 Å². The smallest absolute Gasteiger partial charge is 0.375 e. The molecule has 0 aliphatic heterocycles. The molecule has 90 valence electrons. The molecule has 0 fully saturated rings. The van der Waals surface area contributed by atoms with Crippen LogP contribution in [0.15, 0.2) is 34.9 Å². The normalized spacial score (nSPS) is 11.8. The van der Waals surface area contributed by atoms with E-state index in [9.17, 15) is 13.2 Å². The summed E-state index contributed by atoms with van der Waals surface area (Å²) in [6.45, 7) is -1.07. The van der Waals surface area contributed by atoms with Crippen LogP contribution in [0, 0.1) is 0 Å². The second kappa shape index (κ2) is 4.52. The van der Waals surface area contributed by atoms with Gasteiger partial charge in [-0.05, 0) is 28.1 Å². The number of benzene rings is 1. The zero-order chi connectivity index (χ0) is 12.5. The number of alkyl halides is 3. The number of halogens is 4. The van der Waals surface area contributed by atoms with Gasteiger partial charge in [0.2, 0.25) is 0 Å². The van der Waals surface area contributed by atoms with Crippen LogP contribution in [0.4, 0.5) is 18.9 Å². The molecule has 0 aliphatic carbocycles. The fourth-order valence-corrected chi connectivity index (χ4v) is 1.82. The summed E-state index contributed by atoms with van der Waals surface area (Å²) in [4.78, 5) is 4.10. The molecule has 0 atom stereocenters.